The Morgan fingerprint density at radius 3 is 2.17 bits per heavy atom. The number of rotatable bonds is 9. The molecule has 0 radical (unpaired) electrons. The topological polar surface area (TPSA) is 56.8 Å². The van der Waals surface area contributed by atoms with Crippen LogP contribution in [0.1, 0.15) is 41.7 Å². The molecule has 1 aliphatic rings. The number of benzene rings is 3. The van der Waals surface area contributed by atoms with Crippen LogP contribution in [0.25, 0.3) is 16.7 Å². The number of fused-ring (bicyclic) bond motifs is 3. The summed E-state index contributed by atoms with van der Waals surface area (Å²) >= 11 is 0. The SMILES string of the molecule is CCCc1cc(N2CCN(CCOC(c3ccccc3)c3ccccc3)CC2)n2c(nc3ccccc32)c1C#N. The van der Waals surface area contributed by atoms with E-state index in [-0.39, 0.29) is 6.10 Å². The third kappa shape index (κ3) is 5.19. The average molecular weight is 530 g/mol. The highest BCUT2D eigenvalue weighted by molar-refractivity contribution is 5.85. The number of pyridine rings is 1. The molecule has 3 heterocycles. The molecule has 0 amide bonds. The molecule has 1 aliphatic heterocycles. The minimum Gasteiger partial charge on any atom is -0.367 e. The lowest BCUT2D eigenvalue weighted by atomic mass is 10.0. The first kappa shape index (κ1) is 26.1. The number of nitriles is 1. The number of aromatic nitrogens is 2. The van der Waals surface area contributed by atoms with Crippen molar-refractivity contribution >= 4 is 22.5 Å². The van der Waals surface area contributed by atoms with Crippen molar-refractivity contribution in [2.24, 2.45) is 0 Å². The van der Waals surface area contributed by atoms with Gasteiger partial charge in [0.1, 0.15) is 18.0 Å². The fourth-order valence-corrected chi connectivity index (χ4v) is 5.82. The summed E-state index contributed by atoms with van der Waals surface area (Å²) in [5.41, 5.74) is 6.90. The number of nitrogens with zero attached hydrogens (tertiary/aromatic N) is 5. The fraction of sp³-hybridized carbons (Fsp3) is 0.294. The maximum absolute atomic E-state index is 10.0. The number of aryl methyl sites for hydroxylation is 1. The summed E-state index contributed by atoms with van der Waals surface area (Å²) in [5, 5.41) is 10.0. The van der Waals surface area contributed by atoms with Crippen molar-refractivity contribution in [3.63, 3.8) is 0 Å². The molecule has 202 valence electrons. The standard InChI is InChI=1S/C34H35N5O/c1-2-11-28-24-32(39-31-17-10-9-16-30(31)36-34(39)29(28)25-35)38-20-18-37(19-21-38)22-23-40-33(26-12-5-3-6-13-26)27-14-7-4-8-15-27/h3-10,12-17,24,33H,2,11,18-23H2,1H3. The maximum Gasteiger partial charge on any atom is 0.157 e. The predicted octanol–water partition coefficient (Wildman–Crippen LogP) is 6.24. The minimum atomic E-state index is -0.0675. The molecule has 3 aromatic carbocycles. The third-order valence-electron chi connectivity index (χ3n) is 7.86. The van der Waals surface area contributed by atoms with Crippen LogP contribution >= 0.6 is 0 Å². The van der Waals surface area contributed by atoms with E-state index >= 15 is 0 Å². The van der Waals surface area contributed by atoms with Crippen LogP contribution in [0.3, 0.4) is 0 Å². The van der Waals surface area contributed by atoms with E-state index in [4.69, 9.17) is 9.72 Å². The second-order valence-corrected chi connectivity index (χ2v) is 10.4. The zero-order valence-corrected chi connectivity index (χ0v) is 23.0. The summed E-state index contributed by atoms with van der Waals surface area (Å²) in [7, 11) is 0. The Kier molecular flexibility index (Phi) is 7.76. The van der Waals surface area contributed by atoms with Gasteiger partial charge in [0.05, 0.1) is 23.2 Å². The molecule has 0 aliphatic carbocycles. The monoisotopic (exact) mass is 529 g/mol. The summed E-state index contributed by atoms with van der Waals surface area (Å²) in [5.74, 6) is 1.13. The molecular weight excluding hydrogens is 494 g/mol. The zero-order valence-electron chi connectivity index (χ0n) is 23.0. The number of ether oxygens (including phenoxy) is 1. The summed E-state index contributed by atoms with van der Waals surface area (Å²) in [4.78, 5) is 9.84. The highest BCUT2D eigenvalue weighted by atomic mass is 16.5. The van der Waals surface area contributed by atoms with E-state index in [1.54, 1.807) is 0 Å². The number of piperazine rings is 1. The van der Waals surface area contributed by atoms with E-state index in [1.165, 1.54) is 11.1 Å². The normalized spacial score (nSPS) is 14.3. The predicted molar refractivity (Wildman–Crippen MR) is 161 cm³/mol. The molecule has 0 atom stereocenters. The molecule has 6 heteroatoms. The fourth-order valence-electron chi connectivity index (χ4n) is 5.82. The summed E-state index contributed by atoms with van der Waals surface area (Å²) < 4.78 is 8.68. The molecule has 0 saturated carbocycles. The lowest BCUT2D eigenvalue weighted by Gasteiger charge is -2.36. The van der Waals surface area contributed by atoms with Crippen molar-refractivity contribution in [1.29, 1.82) is 5.26 Å². The van der Waals surface area contributed by atoms with Gasteiger partial charge in [0.25, 0.3) is 0 Å². The summed E-state index contributed by atoms with van der Waals surface area (Å²) in [6.07, 6.45) is 1.80. The van der Waals surface area contributed by atoms with Crippen LogP contribution in [0.15, 0.2) is 91.0 Å². The molecule has 1 fully saturated rings. The van der Waals surface area contributed by atoms with Gasteiger partial charge in [-0.25, -0.2) is 4.98 Å². The van der Waals surface area contributed by atoms with Gasteiger partial charge in [-0.3, -0.25) is 9.30 Å². The molecular formula is C34H35N5O. The van der Waals surface area contributed by atoms with Crippen molar-refractivity contribution in [2.75, 3.05) is 44.2 Å². The van der Waals surface area contributed by atoms with Crippen molar-refractivity contribution in [3.05, 3.63) is 113 Å². The number of anilines is 1. The van der Waals surface area contributed by atoms with Gasteiger partial charge >= 0.3 is 0 Å². The quantitative estimate of drug-likeness (QED) is 0.226. The van der Waals surface area contributed by atoms with Crippen LogP contribution < -0.4 is 4.90 Å². The van der Waals surface area contributed by atoms with Crippen LogP contribution in [0.4, 0.5) is 5.82 Å². The highest BCUT2D eigenvalue weighted by Gasteiger charge is 2.24. The number of hydrogen-bond donors (Lipinski definition) is 0. The van der Waals surface area contributed by atoms with Gasteiger partial charge in [0, 0.05) is 32.7 Å². The molecule has 6 rings (SSSR count). The van der Waals surface area contributed by atoms with Gasteiger partial charge in [-0.15, -0.1) is 0 Å². The van der Waals surface area contributed by atoms with Crippen molar-refractivity contribution in [1.82, 2.24) is 14.3 Å². The molecule has 0 spiro atoms. The Bertz CT molecular complexity index is 1580. The zero-order chi connectivity index (χ0) is 27.3. The molecule has 5 aromatic rings. The molecule has 40 heavy (non-hydrogen) atoms. The Balaban J connectivity index is 1.17. The number of para-hydroxylation sites is 2. The first-order valence-corrected chi connectivity index (χ1v) is 14.3. The molecule has 6 nitrogen and oxygen atoms in total. The van der Waals surface area contributed by atoms with E-state index in [9.17, 15) is 5.26 Å². The Morgan fingerprint density at radius 1 is 0.875 bits per heavy atom. The molecule has 0 N–H and O–H groups in total. The number of imidazole rings is 1. The average Bonchev–Trinajstić information content (AvgIpc) is 3.40. The first-order valence-electron chi connectivity index (χ1n) is 14.3. The van der Waals surface area contributed by atoms with E-state index in [2.05, 4.69) is 87.9 Å². The van der Waals surface area contributed by atoms with E-state index < -0.39 is 0 Å². The van der Waals surface area contributed by atoms with Gasteiger partial charge in [0.2, 0.25) is 0 Å². The third-order valence-corrected chi connectivity index (χ3v) is 7.86. The van der Waals surface area contributed by atoms with E-state index in [1.807, 2.05) is 30.3 Å². The van der Waals surface area contributed by atoms with Gasteiger partial charge in [-0.05, 0) is 41.3 Å². The molecule has 1 saturated heterocycles. The van der Waals surface area contributed by atoms with Crippen molar-refractivity contribution in [2.45, 2.75) is 25.9 Å². The Labute approximate surface area is 236 Å². The Morgan fingerprint density at radius 2 is 1.52 bits per heavy atom. The van der Waals surface area contributed by atoms with Crippen LogP contribution in [0, 0.1) is 11.3 Å². The largest absolute Gasteiger partial charge is 0.367 e. The second kappa shape index (κ2) is 11.9. The van der Waals surface area contributed by atoms with E-state index in [0.29, 0.717) is 12.2 Å². The van der Waals surface area contributed by atoms with Crippen molar-refractivity contribution < 1.29 is 4.74 Å². The van der Waals surface area contributed by atoms with Gasteiger partial charge in [-0.2, -0.15) is 5.26 Å². The molecule has 0 unspecified atom stereocenters. The summed E-state index contributed by atoms with van der Waals surface area (Å²) in [6, 6.07) is 33.8. The highest BCUT2D eigenvalue weighted by Crippen LogP contribution is 2.30. The van der Waals surface area contributed by atoms with Crippen LogP contribution in [-0.4, -0.2) is 53.6 Å². The lowest BCUT2D eigenvalue weighted by molar-refractivity contribution is 0.0586. The summed E-state index contributed by atoms with van der Waals surface area (Å²) in [6.45, 7) is 7.47. The Hall–Kier alpha value is -4.18. The van der Waals surface area contributed by atoms with Gasteiger partial charge < -0.3 is 9.64 Å². The number of hydrogen-bond acceptors (Lipinski definition) is 5. The van der Waals surface area contributed by atoms with Crippen LogP contribution in [0.5, 0.6) is 0 Å². The smallest absolute Gasteiger partial charge is 0.157 e. The second-order valence-electron chi connectivity index (χ2n) is 10.4. The first-order chi connectivity index (χ1) is 19.8. The maximum atomic E-state index is 10.0. The lowest BCUT2D eigenvalue weighted by Crippen LogP contribution is -2.48. The van der Waals surface area contributed by atoms with Gasteiger partial charge in [0.15, 0.2) is 5.65 Å². The molecule has 2 aromatic heterocycles. The van der Waals surface area contributed by atoms with Crippen LogP contribution in [-0.2, 0) is 11.2 Å². The van der Waals surface area contributed by atoms with Crippen LogP contribution in [0.2, 0.25) is 0 Å². The van der Waals surface area contributed by atoms with Crippen molar-refractivity contribution in [3.8, 4) is 6.07 Å². The van der Waals surface area contributed by atoms with E-state index in [0.717, 1.165) is 73.6 Å². The van der Waals surface area contributed by atoms with Gasteiger partial charge in [-0.1, -0.05) is 86.1 Å². The minimum absolute atomic E-state index is 0.0675. The molecule has 0 bridgehead atoms.